The van der Waals surface area contributed by atoms with Crippen LogP contribution in [-0.2, 0) is 19.7 Å². The molecule has 8 nitrogen and oxygen atoms in total. The molecule has 2 rings (SSSR count). The summed E-state index contributed by atoms with van der Waals surface area (Å²) >= 11 is 0. The molecule has 0 spiro atoms. The summed E-state index contributed by atoms with van der Waals surface area (Å²) in [7, 11) is 4.10. The van der Waals surface area contributed by atoms with Crippen molar-refractivity contribution in [2.45, 2.75) is 24.8 Å². The molecular weight excluding hydrogens is 328 g/mol. The van der Waals surface area contributed by atoms with Gasteiger partial charge in [0.15, 0.2) is 5.41 Å². The van der Waals surface area contributed by atoms with E-state index in [0.717, 1.165) is 7.11 Å². The highest BCUT2D eigenvalue weighted by molar-refractivity contribution is 6.15. The summed E-state index contributed by atoms with van der Waals surface area (Å²) in [4.78, 5) is 37.9. The highest BCUT2D eigenvalue weighted by Gasteiger charge is 2.63. The van der Waals surface area contributed by atoms with Crippen LogP contribution >= 0.6 is 0 Å². The van der Waals surface area contributed by atoms with Gasteiger partial charge in [0.05, 0.1) is 19.8 Å². The summed E-state index contributed by atoms with van der Waals surface area (Å²) in [6.45, 7) is 5.29. The number of fused-ring (bicyclic) bond motifs is 1. The average Bonchev–Trinajstić information content (AvgIpc) is 2.83. The third-order valence-electron chi connectivity index (χ3n) is 4.68. The fourth-order valence-electron chi connectivity index (χ4n) is 3.45. The standard InChI is InChI=1S/C17H20N2O6/c1-6-14(19(22)23)17(10(2)15(20)25-5)12-9-11(24-4)7-8-13(12)18(3)16(17)21/h7-9,14H,2,6H2,1,3-5H3/t14-,17+/m1/s1. The van der Waals surface area contributed by atoms with E-state index in [9.17, 15) is 19.7 Å². The predicted molar refractivity (Wildman–Crippen MR) is 90.3 cm³/mol. The largest absolute Gasteiger partial charge is 0.497 e. The summed E-state index contributed by atoms with van der Waals surface area (Å²) in [6, 6.07) is 3.44. The number of hydrogen-bond acceptors (Lipinski definition) is 6. The quantitative estimate of drug-likeness (QED) is 0.336. The Morgan fingerprint density at radius 1 is 1.44 bits per heavy atom. The third kappa shape index (κ3) is 2.45. The number of nitro groups is 1. The molecule has 1 aromatic carbocycles. The number of likely N-dealkylation sites (N-methyl/N-ethyl adjacent to an activating group) is 1. The van der Waals surface area contributed by atoms with E-state index >= 15 is 0 Å². The number of anilines is 1. The van der Waals surface area contributed by atoms with Crippen LogP contribution < -0.4 is 9.64 Å². The molecule has 1 aliphatic heterocycles. The van der Waals surface area contributed by atoms with Gasteiger partial charge in [0.2, 0.25) is 11.9 Å². The van der Waals surface area contributed by atoms with Crippen molar-refractivity contribution in [1.29, 1.82) is 0 Å². The van der Waals surface area contributed by atoms with Crippen LogP contribution in [0.2, 0.25) is 0 Å². The highest BCUT2D eigenvalue weighted by Crippen LogP contribution is 2.50. The van der Waals surface area contributed by atoms with Gasteiger partial charge in [-0.05, 0) is 18.2 Å². The lowest BCUT2D eigenvalue weighted by Gasteiger charge is -2.31. The van der Waals surface area contributed by atoms with Crippen molar-refractivity contribution >= 4 is 17.6 Å². The van der Waals surface area contributed by atoms with Gasteiger partial charge in [0.1, 0.15) is 5.75 Å². The molecule has 0 aliphatic carbocycles. The Balaban J connectivity index is 2.89. The fraction of sp³-hybridized carbons (Fsp3) is 0.412. The predicted octanol–water partition coefficient (Wildman–Crippen LogP) is 1.69. The maximum atomic E-state index is 13.2. The lowest BCUT2D eigenvalue weighted by molar-refractivity contribution is -0.530. The maximum absolute atomic E-state index is 13.2. The third-order valence-corrected chi connectivity index (χ3v) is 4.68. The zero-order valence-corrected chi connectivity index (χ0v) is 14.6. The zero-order valence-electron chi connectivity index (χ0n) is 14.6. The fourth-order valence-corrected chi connectivity index (χ4v) is 3.45. The Hall–Kier alpha value is -2.90. The van der Waals surface area contributed by atoms with Gasteiger partial charge in [-0.15, -0.1) is 0 Å². The van der Waals surface area contributed by atoms with Crippen LogP contribution in [0.5, 0.6) is 5.75 Å². The Morgan fingerprint density at radius 2 is 2.08 bits per heavy atom. The Morgan fingerprint density at radius 3 is 2.56 bits per heavy atom. The van der Waals surface area contributed by atoms with Gasteiger partial charge in [-0.1, -0.05) is 13.5 Å². The van der Waals surface area contributed by atoms with Crippen LogP contribution in [0.1, 0.15) is 18.9 Å². The van der Waals surface area contributed by atoms with E-state index in [4.69, 9.17) is 9.47 Å². The summed E-state index contributed by atoms with van der Waals surface area (Å²) in [6.07, 6.45) is 0.0270. The van der Waals surface area contributed by atoms with E-state index in [0.29, 0.717) is 17.0 Å². The first-order valence-electron chi connectivity index (χ1n) is 7.65. The van der Waals surface area contributed by atoms with E-state index in [1.807, 2.05) is 0 Å². The van der Waals surface area contributed by atoms with E-state index < -0.39 is 28.3 Å². The molecule has 0 unspecified atom stereocenters. The SMILES string of the molecule is C=C(C(=O)OC)[C@]1([C@@H](CC)[N+](=O)[O-])C(=O)N(C)c2ccc(OC)cc21. The summed E-state index contributed by atoms with van der Waals surface area (Å²) < 4.78 is 9.91. The minimum Gasteiger partial charge on any atom is -0.497 e. The molecule has 8 heteroatoms. The molecular formula is C17H20N2O6. The summed E-state index contributed by atoms with van der Waals surface area (Å²) in [5.41, 5.74) is -1.32. The number of nitrogens with zero attached hydrogens (tertiary/aromatic N) is 2. The Bertz CT molecular complexity index is 760. The van der Waals surface area contributed by atoms with Gasteiger partial charge in [-0.2, -0.15) is 0 Å². The second kappa shape index (κ2) is 6.54. The second-order valence-corrected chi connectivity index (χ2v) is 5.73. The van der Waals surface area contributed by atoms with E-state index in [2.05, 4.69) is 6.58 Å². The molecule has 134 valence electrons. The van der Waals surface area contributed by atoms with E-state index in [-0.39, 0.29) is 12.0 Å². The molecule has 1 aromatic rings. The minimum absolute atomic E-state index is 0.0270. The van der Waals surface area contributed by atoms with Crippen LogP contribution in [0.25, 0.3) is 0 Å². The maximum Gasteiger partial charge on any atom is 0.334 e. The summed E-state index contributed by atoms with van der Waals surface area (Å²) in [5, 5.41) is 11.8. The number of hydrogen-bond donors (Lipinski definition) is 0. The smallest absolute Gasteiger partial charge is 0.334 e. The average molecular weight is 348 g/mol. The van der Waals surface area contributed by atoms with Crippen molar-refractivity contribution in [2.24, 2.45) is 0 Å². The second-order valence-electron chi connectivity index (χ2n) is 5.73. The number of carbonyl (C=O) groups is 2. The first-order chi connectivity index (χ1) is 11.8. The molecule has 2 atom stereocenters. The molecule has 1 aliphatic rings. The Kier molecular flexibility index (Phi) is 4.82. The molecule has 0 N–H and O–H groups in total. The van der Waals surface area contributed by atoms with Gasteiger partial charge >= 0.3 is 5.97 Å². The van der Waals surface area contributed by atoms with Crippen molar-refractivity contribution in [3.8, 4) is 5.75 Å². The van der Waals surface area contributed by atoms with Gasteiger partial charge < -0.3 is 14.4 Å². The number of carbonyl (C=O) groups excluding carboxylic acids is 2. The normalized spacial score (nSPS) is 20.0. The van der Waals surface area contributed by atoms with E-state index in [1.54, 1.807) is 19.1 Å². The molecule has 0 saturated carbocycles. The molecule has 0 aromatic heterocycles. The van der Waals surface area contributed by atoms with Crippen molar-refractivity contribution in [1.82, 2.24) is 0 Å². The zero-order chi connectivity index (χ0) is 18.9. The van der Waals surface area contributed by atoms with Crippen LogP contribution in [0.15, 0.2) is 30.4 Å². The van der Waals surface area contributed by atoms with Gasteiger partial charge in [-0.25, -0.2) is 4.79 Å². The molecule has 0 fully saturated rings. The lowest BCUT2D eigenvalue weighted by atomic mass is 9.69. The van der Waals surface area contributed by atoms with Crippen molar-refractivity contribution in [3.63, 3.8) is 0 Å². The van der Waals surface area contributed by atoms with Crippen LogP contribution in [-0.4, -0.2) is 44.1 Å². The van der Waals surface area contributed by atoms with Crippen LogP contribution in [0, 0.1) is 10.1 Å². The van der Waals surface area contributed by atoms with Crippen LogP contribution in [0.3, 0.4) is 0 Å². The lowest BCUT2D eigenvalue weighted by Crippen LogP contribution is -2.53. The number of methoxy groups -OCH3 is 2. The van der Waals surface area contributed by atoms with Crippen molar-refractivity contribution in [3.05, 3.63) is 46.0 Å². The van der Waals surface area contributed by atoms with Crippen LogP contribution in [0.4, 0.5) is 5.69 Å². The highest BCUT2D eigenvalue weighted by atomic mass is 16.6. The molecule has 1 heterocycles. The number of amides is 1. The monoisotopic (exact) mass is 348 g/mol. The molecule has 25 heavy (non-hydrogen) atoms. The molecule has 1 amide bonds. The summed E-state index contributed by atoms with van der Waals surface area (Å²) in [5.74, 6) is -1.03. The van der Waals surface area contributed by atoms with Crippen molar-refractivity contribution in [2.75, 3.05) is 26.2 Å². The topological polar surface area (TPSA) is 99.0 Å². The number of benzene rings is 1. The molecule has 0 bridgehead atoms. The number of ether oxygens (including phenoxy) is 2. The minimum atomic E-state index is -1.84. The van der Waals surface area contributed by atoms with E-state index in [1.165, 1.54) is 25.1 Å². The first-order valence-corrected chi connectivity index (χ1v) is 7.65. The number of rotatable bonds is 6. The molecule has 0 saturated heterocycles. The Labute approximate surface area is 145 Å². The number of esters is 1. The van der Waals surface area contributed by atoms with Gasteiger partial charge in [0.25, 0.3) is 0 Å². The van der Waals surface area contributed by atoms with Crippen molar-refractivity contribution < 1.29 is 24.0 Å². The first kappa shape index (κ1) is 18.4. The van der Waals surface area contributed by atoms with Gasteiger partial charge in [0, 0.05) is 29.6 Å². The molecule has 0 radical (unpaired) electrons. The van der Waals surface area contributed by atoms with Gasteiger partial charge in [-0.3, -0.25) is 14.9 Å².